The Bertz CT molecular complexity index is 3030. The van der Waals surface area contributed by atoms with Gasteiger partial charge in [-0.05, 0) is 131 Å². The third kappa shape index (κ3) is 6.37. The number of fused-ring (bicyclic) bond motifs is 6. The summed E-state index contributed by atoms with van der Waals surface area (Å²) in [6, 6.07) is 61.1. The van der Waals surface area contributed by atoms with Gasteiger partial charge in [0.25, 0.3) is 0 Å². The van der Waals surface area contributed by atoms with E-state index in [1.165, 1.54) is 60.8 Å². The van der Waals surface area contributed by atoms with Crippen LogP contribution in [0, 0.1) is 20.8 Å². The van der Waals surface area contributed by atoms with Crippen LogP contribution >= 0.6 is 0 Å². The second kappa shape index (κ2) is 14.5. The van der Waals surface area contributed by atoms with Crippen LogP contribution in [0.2, 0.25) is 0 Å². The van der Waals surface area contributed by atoms with E-state index < -0.39 is 7.12 Å². The van der Waals surface area contributed by atoms with E-state index in [2.05, 4.69) is 159 Å². The number of nitrogens with zero attached hydrogens (tertiary/aromatic N) is 1. The quantitative estimate of drug-likeness (QED) is 0.174. The average Bonchev–Trinajstić information content (AvgIpc) is 3.77. The number of rotatable bonds is 5. The van der Waals surface area contributed by atoms with Crippen molar-refractivity contribution in [1.82, 2.24) is 4.57 Å². The third-order valence-electron chi connectivity index (χ3n) is 10.9. The van der Waals surface area contributed by atoms with Gasteiger partial charge in [0.2, 0.25) is 0 Å². The Morgan fingerprint density at radius 2 is 1.00 bits per heavy atom. The maximum absolute atomic E-state index is 10.1. The maximum atomic E-state index is 10.1. The van der Waals surface area contributed by atoms with E-state index in [4.69, 9.17) is 4.42 Å². The fourth-order valence-electron chi connectivity index (χ4n) is 7.97. The largest absolute Gasteiger partial charge is 0.489 e. The SMILES string of the molecule is Cc1ccc(-c2ccc3oc4cccc(B(O)O)c4c3c2)cc1-c1cc(-c2ccc3c(c2)c2ccccc2n3-c2ccccc2)ccc1C.Cc1ccccc1. The molecule has 0 unspecified atom stereocenters. The fourth-order valence-corrected chi connectivity index (χ4v) is 7.97. The Labute approximate surface area is 326 Å². The number of aromatic nitrogens is 1. The predicted molar refractivity (Wildman–Crippen MR) is 235 cm³/mol. The molecule has 0 saturated heterocycles. The lowest BCUT2D eigenvalue weighted by atomic mass is 9.77. The van der Waals surface area contributed by atoms with Crippen LogP contribution in [-0.4, -0.2) is 21.7 Å². The van der Waals surface area contributed by atoms with Crippen molar-refractivity contribution in [2.75, 3.05) is 0 Å². The van der Waals surface area contributed by atoms with Gasteiger partial charge in [-0.3, -0.25) is 0 Å². The van der Waals surface area contributed by atoms with Crippen molar-refractivity contribution in [2.45, 2.75) is 20.8 Å². The number of hydrogen-bond donors (Lipinski definition) is 2. The average molecular weight is 726 g/mol. The summed E-state index contributed by atoms with van der Waals surface area (Å²) in [6.07, 6.45) is 0. The smallest absolute Gasteiger partial charge is 0.456 e. The molecule has 0 atom stereocenters. The van der Waals surface area contributed by atoms with E-state index in [1.807, 2.05) is 30.3 Å². The second-order valence-electron chi connectivity index (χ2n) is 14.5. The van der Waals surface area contributed by atoms with Crippen molar-refractivity contribution in [3.63, 3.8) is 0 Å². The molecule has 2 heterocycles. The molecule has 5 heteroatoms. The monoisotopic (exact) mass is 725 g/mol. The lowest BCUT2D eigenvalue weighted by Gasteiger charge is -2.14. The molecule has 0 aliphatic carbocycles. The van der Waals surface area contributed by atoms with Crippen LogP contribution < -0.4 is 5.46 Å². The minimum atomic E-state index is -1.59. The predicted octanol–water partition coefficient (Wildman–Crippen LogP) is 12.0. The van der Waals surface area contributed by atoms with Crippen LogP contribution in [0.4, 0.5) is 0 Å². The minimum absolute atomic E-state index is 0.438. The Hall–Kier alpha value is -6.66. The Kier molecular flexibility index (Phi) is 9.10. The van der Waals surface area contributed by atoms with Gasteiger partial charge >= 0.3 is 7.12 Å². The summed E-state index contributed by atoms with van der Waals surface area (Å²) in [5.41, 5.74) is 15.9. The molecule has 0 bridgehead atoms. The van der Waals surface area contributed by atoms with Crippen LogP contribution in [0.15, 0.2) is 180 Å². The van der Waals surface area contributed by atoms with Gasteiger partial charge in [-0.15, -0.1) is 0 Å². The first kappa shape index (κ1) is 35.1. The summed E-state index contributed by atoms with van der Waals surface area (Å²) < 4.78 is 8.42. The van der Waals surface area contributed by atoms with Gasteiger partial charge in [0, 0.05) is 27.2 Å². The summed E-state index contributed by atoms with van der Waals surface area (Å²) in [5, 5.41) is 24.2. The molecule has 0 aliphatic heterocycles. The van der Waals surface area contributed by atoms with Gasteiger partial charge in [0.1, 0.15) is 11.2 Å². The highest BCUT2D eigenvalue weighted by atomic mass is 16.4. The van der Waals surface area contributed by atoms with E-state index >= 15 is 0 Å². The van der Waals surface area contributed by atoms with Crippen LogP contribution in [0.5, 0.6) is 0 Å². The van der Waals surface area contributed by atoms with Crippen LogP contribution in [0.25, 0.3) is 82.8 Å². The first-order chi connectivity index (χ1) is 27.3. The fraction of sp³-hybridized carbons (Fsp3) is 0.0588. The maximum Gasteiger partial charge on any atom is 0.489 e. The van der Waals surface area contributed by atoms with E-state index in [0.29, 0.717) is 16.6 Å². The van der Waals surface area contributed by atoms with Gasteiger partial charge in [-0.25, -0.2) is 0 Å². The molecule has 10 aromatic rings. The lowest BCUT2D eigenvalue weighted by molar-refractivity contribution is 0.426. The summed E-state index contributed by atoms with van der Waals surface area (Å²) >= 11 is 0. The normalized spacial score (nSPS) is 11.3. The van der Waals surface area contributed by atoms with Crippen molar-refractivity contribution in [3.05, 3.63) is 193 Å². The molecular weight excluding hydrogens is 685 g/mol. The van der Waals surface area contributed by atoms with Crippen molar-refractivity contribution in [2.24, 2.45) is 0 Å². The van der Waals surface area contributed by atoms with Crippen molar-refractivity contribution < 1.29 is 14.5 Å². The molecule has 0 spiro atoms. The molecule has 0 saturated carbocycles. The van der Waals surface area contributed by atoms with Crippen LogP contribution in [0.1, 0.15) is 16.7 Å². The molecule has 0 radical (unpaired) electrons. The highest BCUT2D eigenvalue weighted by molar-refractivity contribution is 6.62. The lowest BCUT2D eigenvalue weighted by Crippen LogP contribution is -2.30. The van der Waals surface area contributed by atoms with Gasteiger partial charge < -0.3 is 19.0 Å². The molecule has 2 aromatic heterocycles. The van der Waals surface area contributed by atoms with Crippen LogP contribution in [-0.2, 0) is 0 Å². The zero-order chi connectivity index (χ0) is 38.3. The third-order valence-corrected chi connectivity index (χ3v) is 10.9. The summed E-state index contributed by atoms with van der Waals surface area (Å²) in [6.45, 7) is 6.42. The van der Waals surface area contributed by atoms with Crippen molar-refractivity contribution in [1.29, 1.82) is 0 Å². The number of aryl methyl sites for hydroxylation is 3. The highest BCUT2D eigenvalue weighted by Gasteiger charge is 2.20. The first-order valence-electron chi connectivity index (χ1n) is 19.0. The highest BCUT2D eigenvalue weighted by Crippen LogP contribution is 2.39. The number of furan rings is 1. The van der Waals surface area contributed by atoms with E-state index in [1.54, 1.807) is 12.1 Å². The topological polar surface area (TPSA) is 58.5 Å². The Morgan fingerprint density at radius 3 is 1.64 bits per heavy atom. The summed E-state index contributed by atoms with van der Waals surface area (Å²) in [5.74, 6) is 0. The van der Waals surface area contributed by atoms with Crippen LogP contribution in [0.3, 0.4) is 0 Å². The van der Waals surface area contributed by atoms with Crippen molar-refractivity contribution in [3.8, 4) is 39.1 Å². The molecule has 10 rings (SSSR count). The van der Waals surface area contributed by atoms with Gasteiger partial charge in [0.05, 0.1) is 11.0 Å². The van der Waals surface area contributed by atoms with Gasteiger partial charge in [-0.2, -0.15) is 0 Å². The number of hydrogen-bond acceptors (Lipinski definition) is 3. The van der Waals surface area contributed by atoms with E-state index in [0.717, 1.165) is 27.6 Å². The zero-order valence-electron chi connectivity index (χ0n) is 31.6. The van der Waals surface area contributed by atoms with Gasteiger partial charge in [-0.1, -0.05) is 121 Å². The van der Waals surface area contributed by atoms with Crippen molar-refractivity contribution >= 4 is 56.3 Å². The second-order valence-corrected chi connectivity index (χ2v) is 14.5. The molecule has 2 N–H and O–H groups in total. The molecular formula is C51H40BNO3. The van der Waals surface area contributed by atoms with Gasteiger partial charge in [0.15, 0.2) is 0 Å². The molecule has 0 fully saturated rings. The molecule has 270 valence electrons. The minimum Gasteiger partial charge on any atom is -0.456 e. The molecule has 8 aromatic carbocycles. The van der Waals surface area contributed by atoms with E-state index in [9.17, 15) is 10.0 Å². The summed E-state index contributed by atoms with van der Waals surface area (Å²) in [7, 11) is -1.59. The molecule has 0 amide bonds. The Morgan fingerprint density at radius 1 is 0.446 bits per heavy atom. The molecule has 0 aliphatic rings. The number of benzene rings is 8. The Balaban J connectivity index is 0.000000530. The van der Waals surface area contributed by atoms with E-state index in [-0.39, 0.29) is 0 Å². The molecule has 4 nitrogen and oxygen atoms in total. The standard InChI is InChI=1S/C44H32BNO3.C7H8/c1-27-15-17-29(31-19-21-41-37(25-31)34-11-6-7-13-40(34)46(41)33-9-4-3-5-10-33)23-35(27)36-24-30(18-16-28(36)2)32-20-22-42-38(26-32)44-39(45(47)48)12-8-14-43(44)49-42;1-7-5-3-2-4-6-7/h3-26,47-48H,1-2H3;2-6H,1H3. The summed E-state index contributed by atoms with van der Waals surface area (Å²) in [4.78, 5) is 0. The molecule has 56 heavy (non-hydrogen) atoms. The first-order valence-corrected chi connectivity index (χ1v) is 19.0. The number of para-hydroxylation sites is 2. The zero-order valence-corrected chi connectivity index (χ0v) is 31.6.